The summed E-state index contributed by atoms with van der Waals surface area (Å²) in [5.74, 6) is -0.921. The van der Waals surface area contributed by atoms with Crippen molar-refractivity contribution in [2.24, 2.45) is 0 Å². The van der Waals surface area contributed by atoms with Crippen LogP contribution in [0.2, 0.25) is 0 Å². The first-order valence-corrected chi connectivity index (χ1v) is 5.47. The van der Waals surface area contributed by atoms with Crippen molar-refractivity contribution in [2.45, 2.75) is 13.3 Å². The van der Waals surface area contributed by atoms with Crippen LogP contribution in [0.3, 0.4) is 0 Å². The van der Waals surface area contributed by atoms with E-state index in [-0.39, 0.29) is 6.61 Å². The molecule has 0 aromatic carbocycles. The first kappa shape index (κ1) is 14.4. The maximum absolute atomic E-state index is 12.7. The van der Waals surface area contributed by atoms with Gasteiger partial charge in [-0.1, -0.05) is 0 Å². The zero-order valence-electron chi connectivity index (χ0n) is 9.02. The van der Waals surface area contributed by atoms with Gasteiger partial charge < -0.3 is 4.74 Å². The average molecular weight is 325 g/mol. The number of nitro groups is 1. The van der Waals surface area contributed by atoms with Crippen molar-refractivity contribution in [3.63, 3.8) is 0 Å². The minimum atomic E-state index is -3.10. The normalized spacial score (nSPS) is 10.5. The summed E-state index contributed by atoms with van der Waals surface area (Å²) in [6.45, 7) is 1.57. The molecule has 98 valence electrons. The van der Waals surface area contributed by atoms with Crippen LogP contribution in [0, 0.1) is 10.1 Å². The first-order valence-electron chi connectivity index (χ1n) is 4.68. The van der Waals surface area contributed by atoms with E-state index in [1.165, 1.54) is 6.92 Å². The fourth-order valence-corrected chi connectivity index (χ4v) is 1.75. The largest absolute Gasteiger partial charge is 0.461 e. The Labute approximate surface area is 108 Å². The minimum absolute atomic E-state index is 0.0408. The molecule has 0 saturated heterocycles. The number of pyridine rings is 1. The summed E-state index contributed by atoms with van der Waals surface area (Å²) in [6.07, 6.45) is -3.10. The Morgan fingerprint density at radius 2 is 2.28 bits per heavy atom. The molecule has 1 rings (SSSR count). The van der Waals surface area contributed by atoms with Crippen LogP contribution < -0.4 is 0 Å². The molecule has 1 aromatic rings. The van der Waals surface area contributed by atoms with E-state index in [9.17, 15) is 23.7 Å². The van der Waals surface area contributed by atoms with E-state index < -0.39 is 38.9 Å². The summed E-state index contributed by atoms with van der Waals surface area (Å²) in [5, 5.41) is 10.6. The lowest BCUT2D eigenvalue weighted by molar-refractivity contribution is -0.387. The highest BCUT2D eigenvalue weighted by atomic mass is 79.9. The standard InChI is InChI=1S/C9H7BrF2N2O4/c1-2-18-9(15)5-3-4(8(11)12)6(14(16)17)7(10)13-5/h3,8H,2H2,1H3. The van der Waals surface area contributed by atoms with Crippen molar-refractivity contribution in [3.8, 4) is 0 Å². The van der Waals surface area contributed by atoms with Gasteiger partial charge in [0.1, 0.15) is 5.56 Å². The average Bonchev–Trinajstić information content (AvgIpc) is 2.27. The highest BCUT2D eigenvalue weighted by molar-refractivity contribution is 9.10. The molecule has 0 radical (unpaired) electrons. The number of hydrogen-bond acceptors (Lipinski definition) is 5. The van der Waals surface area contributed by atoms with E-state index in [0.717, 1.165) is 0 Å². The number of alkyl halides is 2. The van der Waals surface area contributed by atoms with Crippen LogP contribution in [0.1, 0.15) is 29.4 Å². The lowest BCUT2D eigenvalue weighted by Crippen LogP contribution is -2.10. The fraction of sp³-hybridized carbons (Fsp3) is 0.333. The Morgan fingerprint density at radius 3 is 2.72 bits per heavy atom. The highest BCUT2D eigenvalue weighted by Crippen LogP contribution is 2.34. The van der Waals surface area contributed by atoms with Gasteiger partial charge in [-0.15, -0.1) is 0 Å². The van der Waals surface area contributed by atoms with Crippen molar-refractivity contribution < 1.29 is 23.2 Å². The maximum Gasteiger partial charge on any atom is 0.356 e. The number of nitrogens with zero attached hydrogens (tertiary/aromatic N) is 2. The zero-order chi connectivity index (χ0) is 13.9. The van der Waals surface area contributed by atoms with Gasteiger partial charge in [0.15, 0.2) is 10.3 Å². The maximum atomic E-state index is 12.7. The van der Waals surface area contributed by atoms with Gasteiger partial charge in [-0.05, 0) is 28.9 Å². The Bertz CT molecular complexity index is 496. The monoisotopic (exact) mass is 324 g/mol. The van der Waals surface area contributed by atoms with Crippen molar-refractivity contribution in [1.29, 1.82) is 0 Å². The van der Waals surface area contributed by atoms with Crippen molar-refractivity contribution in [1.82, 2.24) is 4.98 Å². The SMILES string of the molecule is CCOC(=O)c1cc(C(F)F)c([N+](=O)[O-])c(Br)n1. The molecule has 1 aromatic heterocycles. The number of ether oxygens (including phenoxy) is 1. The number of carbonyl (C=O) groups excluding carboxylic acids is 1. The molecular formula is C9H7BrF2N2O4. The van der Waals surface area contributed by atoms with Gasteiger partial charge in [-0.25, -0.2) is 18.6 Å². The number of halogens is 3. The third-order valence-corrected chi connectivity index (χ3v) is 2.43. The van der Waals surface area contributed by atoms with E-state index in [4.69, 9.17) is 0 Å². The Kier molecular flexibility index (Phi) is 4.65. The molecule has 0 amide bonds. The Hall–Kier alpha value is -1.64. The molecular weight excluding hydrogens is 318 g/mol. The fourth-order valence-electron chi connectivity index (χ4n) is 1.18. The predicted octanol–water partition coefficient (Wildman–Crippen LogP) is 2.87. The molecule has 0 unspecified atom stereocenters. The molecule has 0 aliphatic heterocycles. The van der Waals surface area contributed by atoms with E-state index in [1.54, 1.807) is 0 Å². The second kappa shape index (κ2) is 5.80. The van der Waals surface area contributed by atoms with Crippen molar-refractivity contribution in [3.05, 3.63) is 32.0 Å². The third kappa shape index (κ3) is 2.97. The molecule has 0 fully saturated rings. The van der Waals surface area contributed by atoms with Gasteiger partial charge in [-0.3, -0.25) is 10.1 Å². The van der Waals surface area contributed by atoms with Crippen molar-refractivity contribution in [2.75, 3.05) is 6.61 Å². The smallest absolute Gasteiger partial charge is 0.356 e. The van der Waals surface area contributed by atoms with Gasteiger partial charge in [0.2, 0.25) is 0 Å². The number of carbonyl (C=O) groups is 1. The summed E-state index contributed by atoms with van der Waals surface area (Å²) in [5.41, 5.74) is -2.16. The minimum Gasteiger partial charge on any atom is -0.461 e. The summed E-state index contributed by atoms with van der Waals surface area (Å²) in [6, 6.07) is 0.658. The van der Waals surface area contributed by atoms with Crippen LogP contribution in [0.25, 0.3) is 0 Å². The Morgan fingerprint density at radius 1 is 1.67 bits per heavy atom. The van der Waals surface area contributed by atoms with Crippen LogP contribution in [0.5, 0.6) is 0 Å². The molecule has 0 aliphatic carbocycles. The van der Waals surface area contributed by atoms with Crippen LogP contribution in [-0.4, -0.2) is 22.5 Å². The second-order valence-electron chi connectivity index (χ2n) is 3.01. The predicted molar refractivity (Wildman–Crippen MR) is 59.5 cm³/mol. The zero-order valence-corrected chi connectivity index (χ0v) is 10.6. The molecule has 6 nitrogen and oxygen atoms in total. The van der Waals surface area contributed by atoms with Crippen LogP contribution in [0.15, 0.2) is 10.7 Å². The number of esters is 1. The summed E-state index contributed by atoms with van der Waals surface area (Å²) >= 11 is 2.69. The van der Waals surface area contributed by atoms with Crippen LogP contribution >= 0.6 is 15.9 Å². The topological polar surface area (TPSA) is 82.3 Å². The lowest BCUT2D eigenvalue weighted by Gasteiger charge is -2.06. The first-order chi connectivity index (χ1) is 8.38. The molecule has 0 atom stereocenters. The van der Waals surface area contributed by atoms with Crippen LogP contribution in [-0.2, 0) is 4.74 Å². The highest BCUT2D eigenvalue weighted by Gasteiger charge is 2.28. The molecule has 0 saturated carbocycles. The lowest BCUT2D eigenvalue weighted by atomic mass is 10.2. The van der Waals surface area contributed by atoms with Gasteiger partial charge >= 0.3 is 11.7 Å². The van der Waals surface area contributed by atoms with Gasteiger partial charge in [-0.2, -0.15) is 0 Å². The number of hydrogen-bond donors (Lipinski definition) is 0. The molecule has 18 heavy (non-hydrogen) atoms. The summed E-state index contributed by atoms with van der Waals surface area (Å²) in [4.78, 5) is 24.5. The Balaban J connectivity index is 3.36. The molecule has 0 N–H and O–H groups in total. The molecule has 0 spiro atoms. The number of aromatic nitrogens is 1. The van der Waals surface area contributed by atoms with Gasteiger partial charge in [0.05, 0.1) is 11.5 Å². The van der Waals surface area contributed by atoms with Gasteiger partial charge in [0, 0.05) is 0 Å². The molecule has 0 aliphatic rings. The summed E-state index contributed by atoms with van der Waals surface area (Å²) in [7, 11) is 0. The summed E-state index contributed by atoms with van der Waals surface area (Å²) < 4.78 is 29.5. The molecule has 1 heterocycles. The number of rotatable bonds is 4. The molecule has 0 bridgehead atoms. The van der Waals surface area contributed by atoms with Crippen LogP contribution in [0.4, 0.5) is 14.5 Å². The van der Waals surface area contributed by atoms with E-state index >= 15 is 0 Å². The second-order valence-corrected chi connectivity index (χ2v) is 3.77. The van der Waals surface area contributed by atoms with Crippen molar-refractivity contribution >= 4 is 27.6 Å². The van der Waals surface area contributed by atoms with Gasteiger partial charge in [0.25, 0.3) is 6.43 Å². The van der Waals surface area contributed by atoms with E-state index in [2.05, 4.69) is 25.7 Å². The third-order valence-electron chi connectivity index (χ3n) is 1.88. The quantitative estimate of drug-likeness (QED) is 0.368. The van der Waals surface area contributed by atoms with E-state index in [0.29, 0.717) is 6.07 Å². The molecule has 9 heteroatoms. The van der Waals surface area contributed by atoms with E-state index in [1.807, 2.05) is 0 Å².